The number of ether oxygens (including phenoxy) is 1. The van der Waals surface area contributed by atoms with Gasteiger partial charge in [-0.25, -0.2) is 9.97 Å². The van der Waals surface area contributed by atoms with Crippen LogP contribution in [0.15, 0.2) is 6.20 Å². The number of fused-ring (bicyclic) bond motifs is 1. The minimum absolute atomic E-state index is 0.0226. The molecule has 0 fully saturated rings. The van der Waals surface area contributed by atoms with E-state index in [1.807, 2.05) is 13.1 Å². The Morgan fingerprint density at radius 1 is 1.42 bits per heavy atom. The molecule has 0 saturated heterocycles. The zero-order valence-electron chi connectivity index (χ0n) is 12.4. The molecule has 1 aromatic heterocycles. The van der Waals surface area contributed by atoms with Crippen LogP contribution in [0.2, 0.25) is 0 Å². The SMILES string of the molecule is COC(C)c1ncc2c(n1)CCC(CNC(C)C)C2. The summed E-state index contributed by atoms with van der Waals surface area (Å²) in [4.78, 5) is 9.09. The highest BCUT2D eigenvalue weighted by atomic mass is 16.5. The Kier molecular flexibility index (Phi) is 4.88. The van der Waals surface area contributed by atoms with Crippen molar-refractivity contribution < 1.29 is 4.74 Å². The summed E-state index contributed by atoms with van der Waals surface area (Å²) in [5, 5.41) is 3.52. The van der Waals surface area contributed by atoms with Gasteiger partial charge in [-0.15, -0.1) is 0 Å². The van der Waals surface area contributed by atoms with E-state index in [9.17, 15) is 0 Å². The highest BCUT2D eigenvalue weighted by molar-refractivity contribution is 5.22. The van der Waals surface area contributed by atoms with Gasteiger partial charge in [-0.05, 0) is 44.2 Å². The van der Waals surface area contributed by atoms with Crippen LogP contribution >= 0.6 is 0 Å². The van der Waals surface area contributed by atoms with Gasteiger partial charge in [0.2, 0.25) is 0 Å². The number of nitrogens with one attached hydrogen (secondary N) is 1. The Morgan fingerprint density at radius 3 is 2.89 bits per heavy atom. The van der Waals surface area contributed by atoms with Crippen LogP contribution in [0, 0.1) is 5.92 Å². The molecule has 2 rings (SSSR count). The van der Waals surface area contributed by atoms with E-state index < -0.39 is 0 Å². The van der Waals surface area contributed by atoms with E-state index in [-0.39, 0.29) is 6.10 Å². The van der Waals surface area contributed by atoms with Crippen molar-refractivity contribution >= 4 is 0 Å². The van der Waals surface area contributed by atoms with Crippen molar-refractivity contribution in [2.45, 2.75) is 52.2 Å². The smallest absolute Gasteiger partial charge is 0.157 e. The predicted molar refractivity (Wildman–Crippen MR) is 76.1 cm³/mol. The molecular formula is C15H25N3O. The molecule has 0 saturated carbocycles. The monoisotopic (exact) mass is 263 g/mol. The Labute approximate surface area is 116 Å². The quantitative estimate of drug-likeness (QED) is 0.885. The summed E-state index contributed by atoms with van der Waals surface area (Å²) < 4.78 is 5.28. The third kappa shape index (κ3) is 3.74. The summed E-state index contributed by atoms with van der Waals surface area (Å²) in [7, 11) is 1.70. The lowest BCUT2D eigenvalue weighted by atomic mass is 9.87. The summed E-state index contributed by atoms with van der Waals surface area (Å²) in [6.45, 7) is 7.46. The molecule has 0 aromatic carbocycles. The first-order chi connectivity index (χ1) is 9.10. The number of aryl methyl sites for hydroxylation is 1. The highest BCUT2D eigenvalue weighted by Crippen LogP contribution is 2.24. The Morgan fingerprint density at radius 2 is 2.21 bits per heavy atom. The molecule has 106 valence electrons. The fraction of sp³-hybridized carbons (Fsp3) is 0.733. The lowest BCUT2D eigenvalue weighted by molar-refractivity contribution is 0.111. The molecule has 0 aliphatic heterocycles. The standard InChI is InChI=1S/C15H25N3O/c1-10(2)16-8-12-5-6-14-13(7-12)9-17-15(18-14)11(3)19-4/h9-12,16H,5-8H2,1-4H3. The number of hydrogen-bond donors (Lipinski definition) is 1. The second kappa shape index (κ2) is 6.44. The van der Waals surface area contributed by atoms with Crippen LogP contribution in [0.25, 0.3) is 0 Å². The van der Waals surface area contributed by atoms with Crippen LogP contribution in [-0.4, -0.2) is 29.7 Å². The summed E-state index contributed by atoms with van der Waals surface area (Å²) >= 11 is 0. The molecule has 0 amide bonds. The van der Waals surface area contributed by atoms with Crippen LogP contribution in [0.5, 0.6) is 0 Å². The van der Waals surface area contributed by atoms with Crippen LogP contribution in [0.3, 0.4) is 0 Å². The van der Waals surface area contributed by atoms with E-state index in [0.717, 1.165) is 25.2 Å². The fourth-order valence-corrected chi connectivity index (χ4v) is 2.48. The zero-order valence-corrected chi connectivity index (χ0v) is 12.4. The first-order valence-electron chi connectivity index (χ1n) is 7.21. The number of nitrogens with zero attached hydrogens (tertiary/aromatic N) is 2. The molecule has 2 atom stereocenters. The van der Waals surface area contributed by atoms with Crippen molar-refractivity contribution in [2.24, 2.45) is 5.92 Å². The van der Waals surface area contributed by atoms with E-state index in [1.165, 1.54) is 17.7 Å². The van der Waals surface area contributed by atoms with E-state index in [1.54, 1.807) is 7.11 Å². The Balaban J connectivity index is 2.02. The second-order valence-corrected chi connectivity index (χ2v) is 5.75. The van der Waals surface area contributed by atoms with Crippen molar-refractivity contribution in [1.82, 2.24) is 15.3 Å². The molecule has 1 aromatic rings. The van der Waals surface area contributed by atoms with Crippen LogP contribution in [0.4, 0.5) is 0 Å². The molecule has 0 spiro atoms. The average Bonchev–Trinajstić information content (AvgIpc) is 2.43. The van der Waals surface area contributed by atoms with Crippen LogP contribution in [-0.2, 0) is 17.6 Å². The lowest BCUT2D eigenvalue weighted by Crippen LogP contribution is -2.32. The van der Waals surface area contributed by atoms with Gasteiger partial charge < -0.3 is 10.1 Å². The summed E-state index contributed by atoms with van der Waals surface area (Å²) in [6.07, 6.45) is 5.34. The van der Waals surface area contributed by atoms with E-state index >= 15 is 0 Å². The third-order valence-electron chi connectivity index (χ3n) is 3.80. The normalized spacial score (nSPS) is 20.4. The maximum absolute atomic E-state index is 5.28. The molecule has 2 unspecified atom stereocenters. The van der Waals surface area contributed by atoms with Gasteiger partial charge in [0.1, 0.15) is 6.10 Å². The third-order valence-corrected chi connectivity index (χ3v) is 3.80. The largest absolute Gasteiger partial charge is 0.374 e. The zero-order chi connectivity index (χ0) is 13.8. The van der Waals surface area contributed by atoms with E-state index in [0.29, 0.717) is 12.0 Å². The summed E-state index contributed by atoms with van der Waals surface area (Å²) in [5.41, 5.74) is 2.53. The summed E-state index contributed by atoms with van der Waals surface area (Å²) in [5.74, 6) is 1.52. The van der Waals surface area contributed by atoms with Crippen molar-refractivity contribution in [1.29, 1.82) is 0 Å². The fourth-order valence-electron chi connectivity index (χ4n) is 2.48. The molecular weight excluding hydrogens is 238 g/mol. The summed E-state index contributed by atoms with van der Waals surface area (Å²) in [6, 6.07) is 0.558. The van der Waals surface area contributed by atoms with E-state index in [2.05, 4.69) is 29.1 Å². The van der Waals surface area contributed by atoms with Gasteiger partial charge in [0, 0.05) is 25.0 Å². The maximum Gasteiger partial charge on any atom is 0.157 e. The molecule has 4 nitrogen and oxygen atoms in total. The molecule has 1 N–H and O–H groups in total. The van der Waals surface area contributed by atoms with Gasteiger partial charge in [0.15, 0.2) is 5.82 Å². The number of hydrogen-bond acceptors (Lipinski definition) is 4. The van der Waals surface area contributed by atoms with Gasteiger partial charge in [-0.1, -0.05) is 13.8 Å². The number of aromatic nitrogens is 2. The number of methoxy groups -OCH3 is 1. The molecule has 1 aliphatic carbocycles. The van der Waals surface area contributed by atoms with Crippen molar-refractivity contribution in [2.75, 3.05) is 13.7 Å². The van der Waals surface area contributed by atoms with Crippen LogP contribution < -0.4 is 5.32 Å². The van der Waals surface area contributed by atoms with Gasteiger partial charge >= 0.3 is 0 Å². The topological polar surface area (TPSA) is 47.0 Å². The first kappa shape index (κ1) is 14.4. The molecule has 1 heterocycles. The van der Waals surface area contributed by atoms with Crippen molar-refractivity contribution in [3.05, 3.63) is 23.3 Å². The van der Waals surface area contributed by atoms with Crippen molar-refractivity contribution in [3.63, 3.8) is 0 Å². The van der Waals surface area contributed by atoms with Gasteiger partial charge in [0.25, 0.3) is 0 Å². The lowest BCUT2D eigenvalue weighted by Gasteiger charge is -2.25. The van der Waals surface area contributed by atoms with E-state index in [4.69, 9.17) is 4.74 Å². The van der Waals surface area contributed by atoms with Gasteiger partial charge in [-0.2, -0.15) is 0 Å². The molecule has 19 heavy (non-hydrogen) atoms. The average molecular weight is 263 g/mol. The number of rotatable bonds is 5. The Hall–Kier alpha value is -1.00. The van der Waals surface area contributed by atoms with Crippen LogP contribution in [0.1, 0.15) is 50.4 Å². The molecule has 4 heteroatoms. The van der Waals surface area contributed by atoms with Gasteiger partial charge in [0.05, 0.1) is 0 Å². The molecule has 0 radical (unpaired) electrons. The second-order valence-electron chi connectivity index (χ2n) is 5.75. The maximum atomic E-state index is 5.28. The Bertz CT molecular complexity index is 420. The van der Waals surface area contributed by atoms with Gasteiger partial charge in [-0.3, -0.25) is 0 Å². The van der Waals surface area contributed by atoms with Crippen molar-refractivity contribution in [3.8, 4) is 0 Å². The minimum atomic E-state index is -0.0226. The predicted octanol–water partition coefficient (Wildman–Crippen LogP) is 2.29. The molecule has 0 bridgehead atoms. The molecule has 1 aliphatic rings. The first-order valence-corrected chi connectivity index (χ1v) is 7.21. The minimum Gasteiger partial charge on any atom is -0.374 e. The highest BCUT2D eigenvalue weighted by Gasteiger charge is 2.21.